The van der Waals surface area contributed by atoms with Gasteiger partial charge >= 0.3 is 0 Å². The fraction of sp³-hybridized carbons (Fsp3) is 0.429. The van der Waals surface area contributed by atoms with Crippen molar-refractivity contribution in [3.05, 3.63) is 37.6 Å². The van der Waals surface area contributed by atoms with E-state index in [4.69, 9.17) is 0 Å². The number of nitrogens with zero attached hydrogens (tertiary/aromatic N) is 3. The van der Waals surface area contributed by atoms with Crippen LogP contribution in [0.1, 0.15) is 26.2 Å². The minimum atomic E-state index is 0.732. The third-order valence-corrected chi connectivity index (χ3v) is 2.06. The molecule has 0 aromatic rings. The molecule has 0 aliphatic rings. The van der Waals surface area contributed by atoms with E-state index in [2.05, 4.69) is 30.2 Å². The van der Waals surface area contributed by atoms with E-state index in [-0.39, 0.29) is 0 Å². The van der Waals surface area contributed by atoms with Crippen LogP contribution in [0.5, 0.6) is 0 Å². The van der Waals surface area contributed by atoms with Crippen molar-refractivity contribution in [3.63, 3.8) is 0 Å². The smallest absolute Gasteiger partial charge is 0.0712 e. The van der Waals surface area contributed by atoms with Crippen molar-refractivity contribution in [1.82, 2.24) is 5.01 Å². The summed E-state index contributed by atoms with van der Waals surface area (Å²) in [6, 6.07) is 0. The molecule has 0 aromatic heterocycles. The highest BCUT2D eigenvalue weighted by molar-refractivity contribution is 5.61. The summed E-state index contributed by atoms with van der Waals surface area (Å²) in [4.78, 5) is 4.10. The number of unbranched alkanes of at least 4 members (excludes halogenated alkanes) is 2. The van der Waals surface area contributed by atoms with E-state index in [1.54, 1.807) is 18.4 Å². The lowest BCUT2D eigenvalue weighted by Crippen LogP contribution is -2.19. The van der Waals surface area contributed by atoms with Gasteiger partial charge in [-0.05, 0) is 32.3 Å². The average molecular weight is 233 g/mol. The van der Waals surface area contributed by atoms with Gasteiger partial charge in [0.05, 0.1) is 6.54 Å². The molecule has 0 radical (unpaired) electrons. The second-order valence-electron chi connectivity index (χ2n) is 3.43. The fourth-order valence-corrected chi connectivity index (χ4v) is 1.10. The predicted molar refractivity (Wildman–Crippen MR) is 77.6 cm³/mol. The van der Waals surface area contributed by atoms with Crippen LogP contribution in [0.25, 0.3) is 0 Å². The number of hydrazone groups is 1. The first-order valence-corrected chi connectivity index (χ1v) is 6.02. The molecule has 0 aromatic carbocycles. The molecule has 17 heavy (non-hydrogen) atoms. The highest BCUT2D eigenvalue weighted by Gasteiger charge is 1.92. The van der Waals surface area contributed by atoms with E-state index in [0.717, 1.165) is 32.4 Å². The second-order valence-corrected chi connectivity index (χ2v) is 3.43. The van der Waals surface area contributed by atoms with Crippen LogP contribution in [0.3, 0.4) is 0 Å². The van der Waals surface area contributed by atoms with Gasteiger partial charge in [-0.15, -0.1) is 6.58 Å². The first-order valence-electron chi connectivity index (χ1n) is 6.02. The molecule has 0 amide bonds. The van der Waals surface area contributed by atoms with Crippen LogP contribution >= 0.6 is 0 Å². The Kier molecular flexibility index (Phi) is 11.2. The largest absolute Gasteiger partial charge is 0.292 e. The highest BCUT2D eigenvalue weighted by atomic mass is 15.4. The Morgan fingerprint density at radius 3 is 2.65 bits per heavy atom. The number of rotatable bonds is 10. The molecule has 0 heterocycles. The summed E-state index contributed by atoms with van der Waals surface area (Å²) in [5, 5.41) is 6.34. The Morgan fingerprint density at radius 2 is 2.00 bits per heavy atom. The topological polar surface area (TPSA) is 28.0 Å². The molecule has 0 aliphatic heterocycles. The summed E-state index contributed by atoms with van der Waals surface area (Å²) in [6.45, 7) is 11.0. The van der Waals surface area contributed by atoms with E-state index < -0.39 is 0 Å². The molecule has 0 atom stereocenters. The summed E-state index contributed by atoms with van der Waals surface area (Å²) in [7, 11) is 0. The van der Waals surface area contributed by atoms with Crippen molar-refractivity contribution in [1.29, 1.82) is 0 Å². The van der Waals surface area contributed by atoms with Crippen molar-refractivity contribution in [2.45, 2.75) is 26.2 Å². The summed E-state index contributed by atoms with van der Waals surface area (Å²) < 4.78 is 0. The Hall–Kier alpha value is -1.64. The molecule has 0 saturated carbocycles. The monoisotopic (exact) mass is 233 g/mol. The zero-order valence-corrected chi connectivity index (χ0v) is 10.8. The summed E-state index contributed by atoms with van der Waals surface area (Å²) >= 11 is 0. The van der Waals surface area contributed by atoms with E-state index in [1.165, 1.54) is 0 Å². The van der Waals surface area contributed by atoms with E-state index >= 15 is 0 Å². The minimum Gasteiger partial charge on any atom is -0.292 e. The quantitative estimate of drug-likeness (QED) is 0.187. The number of aliphatic imine (C=N–C) groups is 1. The molecule has 0 unspecified atom stereocenters. The van der Waals surface area contributed by atoms with Crippen LogP contribution in [0.2, 0.25) is 0 Å². The number of hydrogen-bond donors (Lipinski definition) is 0. The maximum Gasteiger partial charge on any atom is 0.0712 e. The SMILES string of the molecule is C=C/C=C\N=C\CN(CC)/N=C\CCCC=C. The Bertz CT molecular complexity index is 277. The molecule has 0 rings (SSSR count). The first-order chi connectivity index (χ1) is 8.35. The molecule has 3 nitrogen and oxygen atoms in total. The highest BCUT2D eigenvalue weighted by Crippen LogP contribution is 1.94. The lowest BCUT2D eigenvalue weighted by molar-refractivity contribution is 0.352. The van der Waals surface area contributed by atoms with Gasteiger partial charge in [-0.2, -0.15) is 5.10 Å². The Balaban J connectivity index is 3.82. The van der Waals surface area contributed by atoms with Gasteiger partial charge in [-0.1, -0.05) is 18.7 Å². The zero-order chi connectivity index (χ0) is 12.8. The molecule has 0 aliphatic carbocycles. The van der Waals surface area contributed by atoms with E-state index in [9.17, 15) is 0 Å². The van der Waals surface area contributed by atoms with Gasteiger partial charge in [-0.3, -0.25) is 10.0 Å². The second kappa shape index (κ2) is 12.4. The molecule has 3 heteroatoms. The van der Waals surface area contributed by atoms with Crippen LogP contribution in [-0.4, -0.2) is 30.5 Å². The van der Waals surface area contributed by atoms with E-state index in [1.807, 2.05) is 23.5 Å². The average Bonchev–Trinajstić information content (AvgIpc) is 2.36. The molecule has 0 fully saturated rings. The van der Waals surface area contributed by atoms with Crippen LogP contribution in [-0.2, 0) is 0 Å². The first kappa shape index (κ1) is 15.4. The molecule has 94 valence electrons. The van der Waals surface area contributed by atoms with Gasteiger partial charge < -0.3 is 0 Å². The molecule has 0 saturated heterocycles. The molecule has 0 bridgehead atoms. The summed E-state index contributed by atoms with van der Waals surface area (Å²) in [5.74, 6) is 0. The lowest BCUT2D eigenvalue weighted by atomic mass is 10.2. The minimum absolute atomic E-state index is 0.732. The summed E-state index contributed by atoms with van der Waals surface area (Å²) in [5.41, 5.74) is 0. The lowest BCUT2D eigenvalue weighted by Gasteiger charge is -2.13. The summed E-state index contributed by atoms with van der Waals surface area (Å²) in [6.07, 6.45) is 14.1. The van der Waals surface area contributed by atoms with Crippen molar-refractivity contribution in [2.75, 3.05) is 13.1 Å². The number of hydrogen-bond acceptors (Lipinski definition) is 3. The molecular weight excluding hydrogens is 210 g/mol. The predicted octanol–water partition coefficient (Wildman–Crippen LogP) is 3.42. The van der Waals surface area contributed by atoms with Gasteiger partial charge in [0.25, 0.3) is 0 Å². The Labute approximate surface area is 105 Å². The zero-order valence-electron chi connectivity index (χ0n) is 10.8. The maximum atomic E-state index is 4.37. The van der Waals surface area contributed by atoms with Crippen molar-refractivity contribution in [3.8, 4) is 0 Å². The maximum absolute atomic E-state index is 4.37. The fourth-order valence-electron chi connectivity index (χ4n) is 1.10. The standard InChI is InChI=1S/C14H23N3/c1-4-7-9-10-12-16-17(6-3)14-13-15-11-8-5-2/h4-5,8,11-13H,1-2,6-7,9-10,14H2,3H3/b11-8-,15-13+,16-12-. The van der Waals surface area contributed by atoms with Gasteiger partial charge in [-0.25, -0.2) is 0 Å². The van der Waals surface area contributed by atoms with Gasteiger partial charge in [0.15, 0.2) is 0 Å². The van der Waals surface area contributed by atoms with Crippen LogP contribution < -0.4 is 0 Å². The van der Waals surface area contributed by atoms with E-state index in [0.29, 0.717) is 0 Å². The van der Waals surface area contributed by atoms with Crippen molar-refractivity contribution >= 4 is 12.4 Å². The molecular formula is C14H23N3. The van der Waals surface area contributed by atoms with Gasteiger partial charge in [0, 0.05) is 25.2 Å². The van der Waals surface area contributed by atoms with Crippen molar-refractivity contribution < 1.29 is 0 Å². The van der Waals surface area contributed by atoms with Crippen LogP contribution in [0, 0.1) is 0 Å². The third kappa shape index (κ3) is 10.6. The third-order valence-electron chi connectivity index (χ3n) is 2.06. The van der Waals surface area contributed by atoms with Crippen molar-refractivity contribution in [2.24, 2.45) is 10.1 Å². The van der Waals surface area contributed by atoms with Gasteiger partial charge in [0.1, 0.15) is 0 Å². The van der Waals surface area contributed by atoms with Crippen LogP contribution in [0.4, 0.5) is 0 Å². The van der Waals surface area contributed by atoms with Crippen LogP contribution in [0.15, 0.2) is 47.7 Å². The number of allylic oxidation sites excluding steroid dienone is 3. The Morgan fingerprint density at radius 1 is 1.18 bits per heavy atom. The molecule has 0 N–H and O–H groups in total. The van der Waals surface area contributed by atoms with Gasteiger partial charge in [0.2, 0.25) is 0 Å². The molecule has 0 spiro atoms. The normalized spacial score (nSPS) is 11.6.